The molecular weight excluding hydrogens is 397 g/mol. The van der Waals surface area contributed by atoms with E-state index in [-0.39, 0.29) is 29.7 Å². The number of hydrogen-bond acceptors (Lipinski definition) is 4. The van der Waals surface area contributed by atoms with E-state index in [0.717, 1.165) is 44.8 Å². The van der Waals surface area contributed by atoms with E-state index in [1.807, 2.05) is 0 Å². The van der Waals surface area contributed by atoms with Crippen LogP contribution in [0.2, 0.25) is 0 Å². The summed E-state index contributed by atoms with van der Waals surface area (Å²) in [5.74, 6) is 0.193. The van der Waals surface area contributed by atoms with Crippen molar-refractivity contribution >= 4 is 12.4 Å². The highest BCUT2D eigenvalue weighted by Crippen LogP contribution is 2.43. The Bertz CT molecular complexity index is 890. The van der Waals surface area contributed by atoms with Gasteiger partial charge >= 0.3 is 0 Å². The molecule has 0 aromatic heterocycles. The molecule has 31 heavy (non-hydrogen) atoms. The number of nitrogens with one attached hydrogen (secondary N) is 1. The van der Waals surface area contributed by atoms with Crippen molar-refractivity contribution in [3.05, 3.63) is 71.5 Å². The van der Waals surface area contributed by atoms with Crippen molar-refractivity contribution in [2.75, 3.05) is 39.3 Å². The first kappa shape index (κ1) is 21.5. The molecule has 6 nitrogen and oxygen atoms in total. The highest BCUT2D eigenvalue weighted by Gasteiger charge is 2.55. The maximum Gasteiger partial charge on any atom is 0.290 e. The minimum absolute atomic E-state index is 0.0306. The van der Waals surface area contributed by atoms with Gasteiger partial charge in [0.2, 0.25) is 5.91 Å². The first-order valence-electron chi connectivity index (χ1n) is 10.7. The molecule has 4 saturated heterocycles. The summed E-state index contributed by atoms with van der Waals surface area (Å²) in [6, 6.07) is 17.1. The number of nitrogens with zero attached hydrogens (tertiary/aromatic N) is 2. The number of carbonyl (C=O) groups excluding carboxylic acids is 1. The molecule has 0 saturated carbocycles. The van der Waals surface area contributed by atoms with Crippen LogP contribution in [0, 0.1) is 11.7 Å². The Morgan fingerprint density at radius 1 is 1.06 bits per heavy atom. The van der Waals surface area contributed by atoms with Gasteiger partial charge in [0.25, 0.3) is 6.47 Å². The molecule has 2 aromatic carbocycles. The molecule has 2 N–H and O–H groups in total. The Morgan fingerprint density at radius 3 is 2.23 bits per heavy atom. The first-order chi connectivity index (χ1) is 15.0. The monoisotopic (exact) mass is 425 g/mol. The predicted octanol–water partition coefficient (Wildman–Crippen LogP) is 1.75. The zero-order valence-corrected chi connectivity index (χ0v) is 17.4. The van der Waals surface area contributed by atoms with Crippen molar-refractivity contribution in [2.45, 2.75) is 17.9 Å². The van der Waals surface area contributed by atoms with Crippen LogP contribution in [0.3, 0.4) is 0 Å². The van der Waals surface area contributed by atoms with Crippen molar-refractivity contribution in [3.8, 4) is 0 Å². The Labute approximate surface area is 181 Å². The number of carboxylic acid groups (broad SMARTS) is 1. The van der Waals surface area contributed by atoms with Crippen molar-refractivity contribution in [1.29, 1.82) is 0 Å². The molecule has 0 spiro atoms. The van der Waals surface area contributed by atoms with Gasteiger partial charge in [-0.1, -0.05) is 42.5 Å². The van der Waals surface area contributed by atoms with Crippen LogP contribution in [0.25, 0.3) is 0 Å². The Kier molecular flexibility index (Phi) is 6.34. The molecule has 1 amide bonds. The Balaban J connectivity index is 0.000000730. The molecule has 3 atom stereocenters. The van der Waals surface area contributed by atoms with Gasteiger partial charge < -0.3 is 20.2 Å². The van der Waals surface area contributed by atoms with Gasteiger partial charge in [-0.3, -0.25) is 9.59 Å². The van der Waals surface area contributed by atoms with Gasteiger partial charge in [0.05, 0.1) is 6.42 Å². The third kappa shape index (κ3) is 4.48. The third-order valence-corrected chi connectivity index (χ3v) is 6.74. The van der Waals surface area contributed by atoms with Gasteiger partial charge in [0.1, 0.15) is 5.82 Å². The molecule has 2 aromatic rings. The molecular formula is C24H28FN3O3. The van der Waals surface area contributed by atoms with Crippen molar-refractivity contribution in [3.63, 3.8) is 0 Å². The number of hydrogen-bond donors (Lipinski definition) is 2. The number of amides is 1. The van der Waals surface area contributed by atoms with Crippen molar-refractivity contribution in [1.82, 2.24) is 15.1 Å². The highest BCUT2D eigenvalue weighted by atomic mass is 19.1. The summed E-state index contributed by atoms with van der Waals surface area (Å²) in [6.07, 6.45) is 0.293. The first-order valence-corrected chi connectivity index (χ1v) is 10.7. The standard InChI is InChI=1S/C23H26FN3O.CH2O2/c24-20-8-6-17(7-9-20)12-21(28)25-22-18-13-26-10-11-27(14-18)16-23(22,15-26)19-4-2-1-3-5-19;2-1-3/h1-9,18,22H,10-16H2,(H,25,28);1H,(H,2,3). The van der Waals surface area contributed by atoms with Crippen LogP contribution in [0.4, 0.5) is 4.39 Å². The number of rotatable bonds is 4. The molecule has 4 heterocycles. The van der Waals surface area contributed by atoms with E-state index >= 15 is 0 Å². The normalized spacial score (nSPS) is 30.6. The van der Waals surface area contributed by atoms with Gasteiger partial charge in [-0.25, -0.2) is 4.39 Å². The summed E-state index contributed by atoms with van der Waals surface area (Å²) < 4.78 is 13.2. The number of carbonyl (C=O) groups is 2. The lowest BCUT2D eigenvalue weighted by Crippen LogP contribution is -2.70. The van der Waals surface area contributed by atoms with Crippen molar-refractivity contribution in [2.24, 2.45) is 5.92 Å². The predicted molar refractivity (Wildman–Crippen MR) is 115 cm³/mol. The van der Waals surface area contributed by atoms with Crippen molar-refractivity contribution < 1.29 is 19.1 Å². The number of benzene rings is 2. The minimum atomic E-state index is -0.271. The maximum absolute atomic E-state index is 13.2. The smallest absolute Gasteiger partial charge is 0.290 e. The van der Waals surface area contributed by atoms with Crippen LogP contribution >= 0.6 is 0 Å². The zero-order chi connectivity index (χ0) is 21.8. The van der Waals surface area contributed by atoms with E-state index in [1.54, 1.807) is 12.1 Å². The lowest BCUT2D eigenvalue weighted by molar-refractivity contribution is -0.124. The number of halogens is 1. The van der Waals surface area contributed by atoms with Gasteiger partial charge in [-0.15, -0.1) is 0 Å². The van der Waals surface area contributed by atoms with Crippen LogP contribution in [0.5, 0.6) is 0 Å². The van der Waals surface area contributed by atoms with Gasteiger partial charge in [-0.2, -0.15) is 0 Å². The fourth-order valence-electron chi connectivity index (χ4n) is 5.58. The van der Waals surface area contributed by atoms with Crippen LogP contribution in [-0.4, -0.2) is 72.6 Å². The van der Waals surface area contributed by atoms with E-state index in [0.29, 0.717) is 12.3 Å². The van der Waals surface area contributed by atoms with E-state index in [1.165, 1.54) is 17.7 Å². The van der Waals surface area contributed by atoms with E-state index in [9.17, 15) is 9.18 Å². The molecule has 4 bridgehead atoms. The fraction of sp³-hybridized carbons (Fsp3) is 0.417. The largest absolute Gasteiger partial charge is 0.483 e. The Morgan fingerprint density at radius 2 is 1.65 bits per heavy atom. The van der Waals surface area contributed by atoms with E-state index in [4.69, 9.17) is 9.90 Å². The molecule has 0 aliphatic carbocycles. The average molecular weight is 426 g/mol. The number of piperidine rings is 2. The molecule has 4 aliphatic heterocycles. The number of fused-ring (bicyclic) bond motifs is 1. The summed E-state index contributed by atoms with van der Waals surface area (Å²) in [4.78, 5) is 26.4. The summed E-state index contributed by atoms with van der Waals surface area (Å²) in [6.45, 7) is 6.05. The molecule has 3 unspecified atom stereocenters. The molecule has 0 radical (unpaired) electrons. The quantitative estimate of drug-likeness (QED) is 0.731. The van der Waals surface area contributed by atoms with Crippen LogP contribution in [-0.2, 0) is 21.4 Å². The highest BCUT2D eigenvalue weighted by molar-refractivity contribution is 5.79. The van der Waals surface area contributed by atoms with Crippen LogP contribution in [0.15, 0.2) is 54.6 Å². The molecule has 4 aliphatic rings. The molecule has 164 valence electrons. The minimum Gasteiger partial charge on any atom is -0.483 e. The lowest BCUT2D eigenvalue weighted by atomic mass is 9.64. The zero-order valence-electron chi connectivity index (χ0n) is 17.4. The topological polar surface area (TPSA) is 72.9 Å². The average Bonchev–Trinajstić information content (AvgIpc) is 3.02. The summed E-state index contributed by atoms with van der Waals surface area (Å²) in [5, 5.41) is 10.3. The van der Waals surface area contributed by atoms with Gasteiger partial charge in [-0.05, 0) is 23.3 Å². The lowest BCUT2D eigenvalue weighted by Gasteiger charge is -2.55. The van der Waals surface area contributed by atoms with Crippen LogP contribution < -0.4 is 5.32 Å². The van der Waals surface area contributed by atoms with E-state index < -0.39 is 0 Å². The molecule has 4 fully saturated rings. The summed E-state index contributed by atoms with van der Waals surface area (Å²) in [5.41, 5.74) is 2.10. The van der Waals surface area contributed by atoms with Gasteiger partial charge in [0.15, 0.2) is 0 Å². The summed E-state index contributed by atoms with van der Waals surface area (Å²) in [7, 11) is 0. The second-order valence-corrected chi connectivity index (χ2v) is 8.71. The SMILES string of the molecule is O=C(Cc1ccc(F)cc1)NC1C2CN3CCN(C2)CC1(c1ccccc1)C3.O=CO. The van der Waals surface area contributed by atoms with Gasteiger partial charge in [0, 0.05) is 56.6 Å². The third-order valence-electron chi connectivity index (χ3n) is 6.74. The van der Waals surface area contributed by atoms with E-state index in [2.05, 4.69) is 45.4 Å². The fourth-order valence-corrected chi connectivity index (χ4v) is 5.58. The second-order valence-electron chi connectivity index (χ2n) is 8.71. The van der Waals surface area contributed by atoms with Crippen LogP contribution in [0.1, 0.15) is 11.1 Å². The summed E-state index contributed by atoms with van der Waals surface area (Å²) >= 11 is 0. The second kappa shape index (κ2) is 9.16. The Hall–Kier alpha value is -2.77. The molecule has 6 rings (SSSR count). The maximum atomic E-state index is 13.2. The molecule has 7 heteroatoms.